The van der Waals surface area contributed by atoms with E-state index in [0.717, 1.165) is 29.6 Å². The van der Waals surface area contributed by atoms with Crippen molar-refractivity contribution in [2.45, 2.75) is 64.1 Å². The van der Waals surface area contributed by atoms with Gasteiger partial charge in [0.25, 0.3) is 0 Å². The van der Waals surface area contributed by atoms with E-state index in [0.29, 0.717) is 17.9 Å². The van der Waals surface area contributed by atoms with Gasteiger partial charge in [-0.1, -0.05) is 38.7 Å². The molecule has 1 aromatic heterocycles. The minimum absolute atomic E-state index is 0.180. The van der Waals surface area contributed by atoms with Crippen LogP contribution in [0.25, 0.3) is 10.9 Å². The highest BCUT2D eigenvalue weighted by atomic mass is 16.6. The summed E-state index contributed by atoms with van der Waals surface area (Å²) in [6.45, 7) is 10.1. The highest BCUT2D eigenvalue weighted by Crippen LogP contribution is 2.46. The van der Waals surface area contributed by atoms with Crippen LogP contribution in [0.15, 0.2) is 43.1 Å². The van der Waals surface area contributed by atoms with Crippen LogP contribution in [0.5, 0.6) is 5.75 Å². The third-order valence-corrected chi connectivity index (χ3v) is 7.18. The lowest BCUT2D eigenvalue weighted by Crippen LogP contribution is -2.40. The lowest BCUT2D eigenvalue weighted by Gasteiger charge is -2.37. The molecule has 0 radical (unpaired) electrons. The molecule has 4 nitrogen and oxygen atoms in total. The van der Waals surface area contributed by atoms with Crippen LogP contribution in [0, 0.1) is 11.8 Å². The normalized spacial score (nSPS) is 26.1. The van der Waals surface area contributed by atoms with Gasteiger partial charge in [0.05, 0.1) is 18.7 Å². The fourth-order valence-corrected chi connectivity index (χ4v) is 5.22. The van der Waals surface area contributed by atoms with E-state index in [1.54, 1.807) is 7.11 Å². The van der Waals surface area contributed by atoms with Gasteiger partial charge in [-0.2, -0.15) is 0 Å². The van der Waals surface area contributed by atoms with E-state index in [1.807, 2.05) is 18.3 Å². The topological polar surface area (TPSA) is 37.9 Å². The van der Waals surface area contributed by atoms with Gasteiger partial charge in [0.1, 0.15) is 11.9 Å². The Hall–Kier alpha value is -1.91. The SMILES string of the molecule is C=C[C@H]1CN(CCCCCCC)CC[C@H]1C[C@H]1O[C@@H]1c1ccnc2ccc(OC)cc12. The number of benzene rings is 1. The van der Waals surface area contributed by atoms with E-state index in [1.165, 1.54) is 57.2 Å². The number of hydrogen-bond donors (Lipinski definition) is 0. The van der Waals surface area contributed by atoms with E-state index < -0.39 is 0 Å². The number of pyridine rings is 1. The number of rotatable bonds is 11. The predicted octanol–water partition coefficient (Wildman–Crippen LogP) is 6.17. The highest BCUT2D eigenvalue weighted by molar-refractivity contribution is 5.84. The largest absolute Gasteiger partial charge is 0.497 e. The number of aromatic nitrogens is 1. The third-order valence-electron chi connectivity index (χ3n) is 7.18. The van der Waals surface area contributed by atoms with Crippen molar-refractivity contribution in [3.8, 4) is 5.75 Å². The second-order valence-electron chi connectivity index (χ2n) is 9.28. The maximum Gasteiger partial charge on any atom is 0.119 e. The number of methoxy groups -OCH3 is 1. The summed E-state index contributed by atoms with van der Waals surface area (Å²) in [7, 11) is 1.71. The van der Waals surface area contributed by atoms with E-state index in [-0.39, 0.29) is 6.10 Å². The van der Waals surface area contributed by atoms with Crippen molar-refractivity contribution < 1.29 is 9.47 Å². The van der Waals surface area contributed by atoms with Gasteiger partial charge in [0.15, 0.2) is 0 Å². The fourth-order valence-electron chi connectivity index (χ4n) is 5.22. The first-order valence-corrected chi connectivity index (χ1v) is 12.2. The summed E-state index contributed by atoms with van der Waals surface area (Å²) >= 11 is 0. The minimum atomic E-state index is 0.180. The molecule has 0 aliphatic carbocycles. The molecule has 0 N–H and O–H groups in total. The van der Waals surface area contributed by atoms with Crippen LogP contribution in [0.2, 0.25) is 0 Å². The first-order chi connectivity index (χ1) is 15.2. The van der Waals surface area contributed by atoms with Crippen LogP contribution in [-0.4, -0.2) is 42.7 Å². The molecule has 4 rings (SSSR count). The zero-order chi connectivity index (χ0) is 21.6. The Kier molecular flexibility index (Phi) is 7.62. The molecule has 0 spiro atoms. The molecule has 0 bridgehead atoms. The second kappa shape index (κ2) is 10.6. The Balaban J connectivity index is 1.32. The molecule has 2 aromatic rings. The quantitative estimate of drug-likeness (QED) is 0.247. The average Bonchev–Trinajstić information content (AvgIpc) is 3.57. The molecular formula is C27H38N2O2. The van der Waals surface area contributed by atoms with Crippen molar-refractivity contribution in [2.24, 2.45) is 11.8 Å². The first kappa shape index (κ1) is 22.3. The summed E-state index contributed by atoms with van der Waals surface area (Å²) in [5.74, 6) is 2.11. The molecule has 4 heteroatoms. The molecule has 4 atom stereocenters. The number of unbranched alkanes of at least 4 members (excludes halogenated alkanes) is 4. The molecule has 3 heterocycles. The number of nitrogens with zero attached hydrogens (tertiary/aromatic N) is 2. The van der Waals surface area contributed by atoms with Crippen LogP contribution in [0.3, 0.4) is 0 Å². The summed E-state index contributed by atoms with van der Waals surface area (Å²) in [4.78, 5) is 7.17. The molecule has 0 unspecified atom stereocenters. The number of epoxide rings is 1. The van der Waals surface area contributed by atoms with Crippen molar-refractivity contribution >= 4 is 10.9 Å². The monoisotopic (exact) mass is 422 g/mol. The van der Waals surface area contributed by atoms with Crippen LogP contribution in [0.1, 0.15) is 63.5 Å². The molecule has 31 heavy (non-hydrogen) atoms. The fraction of sp³-hybridized carbons (Fsp3) is 0.593. The molecule has 2 fully saturated rings. The van der Waals surface area contributed by atoms with Gasteiger partial charge in [-0.05, 0) is 74.0 Å². The first-order valence-electron chi connectivity index (χ1n) is 12.2. The maximum absolute atomic E-state index is 6.19. The number of hydrogen-bond acceptors (Lipinski definition) is 4. The highest BCUT2D eigenvalue weighted by Gasteiger charge is 2.44. The van der Waals surface area contributed by atoms with Crippen LogP contribution >= 0.6 is 0 Å². The van der Waals surface area contributed by atoms with Gasteiger partial charge in [0.2, 0.25) is 0 Å². The Morgan fingerprint density at radius 3 is 2.90 bits per heavy atom. The van der Waals surface area contributed by atoms with Crippen molar-refractivity contribution in [3.63, 3.8) is 0 Å². The van der Waals surface area contributed by atoms with Gasteiger partial charge in [0, 0.05) is 18.1 Å². The van der Waals surface area contributed by atoms with Crippen LogP contribution in [-0.2, 0) is 4.74 Å². The predicted molar refractivity (Wildman–Crippen MR) is 128 cm³/mol. The van der Waals surface area contributed by atoms with Crippen molar-refractivity contribution in [1.29, 1.82) is 0 Å². The molecule has 1 aromatic carbocycles. The average molecular weight is 423 g/mol. The van der Waals surface area contributed by atoms with Crippen LogP contribution < -0.4 is 4.74 Å². The van der Waals surface area contributed by atoms with Gasteiger partial charge in [-0.3, -0.25) is 4.98 Å². The Bertz CT molecular complexity index is 867. The molecule has 0 saturated carbocycles. The zero-order valence-electron chi connectivity index (χ0n) is 19.3. The molecular weight excluding hydrogens is 384 g/mol. The van der Waals surface area contributed by atoms with E-state index in [9.17, 15) is 0 Å². The van der Waals surface area contributed by atoms with E-state index in [2.05, 4.69) is 41.6 Å². The lowest BCUT2D eigenvalue weighted by molar-refractivity contribution is 0.131. The standard InChI is InChI=1S/C27H38N2O2/c1-4-6-7-8-9-15-29-16-13-21(20(5-2)19-29)17-26-27(31-26)23-12-14-28-25-11-10-22(30-3)18-24(23)25/h5,10-12,14,18,20-21,26-27H,2,4,6-9,13,15-17,19H2,1,3H3/t20-,21-,26+,27+/m0/s1. The van der Waals surface area contributed by atoms with Crippen molar-refractivity contribution in [2.75, 3.05) is 26.7 Å². The van der Waals surface area contributed by atoms with Gasteiger partial charge < -0.3 is 14.4 Å². The Morgan fingerprint density at radius 1 is 1.23 bits per heavy atom. The number of piperidine rings is 1. The summed E-state index contributed by atoms with van der Waals surface area (Å²) in [6, 6.07) is 8.19. The van der Waals surface area contributed by atoms with Gasteiger partial charge in [-0.15, -0.1) is 6.58 Å². The summed E-state index contributed by atoms with van der Waals surface area (Å²) in [5, 5.41) is 1.15. The summed E-state index contributed by atoms with van der Waals surface area (Å²) < 4.78 is 11.6. The number of likely N-dealkylation sites (tertiary alicyclic amines) is 1. The summed E-state index contributed by atoms with van der Waals surface area (Å²) in [5.41, 5.74) is 2.25. The molecule has 2 aliphatic heterocycles. The van der Waals surface area contributed by atoms with Crippen molar-refractivity contribution in [1.82, 2.24) is 9.88 Å². The van der Waals surface area contributed by atoms with Crippen LogP contribution in [0.4, 0.5) is 0 Å². The second-order valence-corrected chi connectivity index (χ2v) is 9.28. The van der Waals surface area contributed by atoms with E-state index >= 15 is 0 Å². The lowest BCUT2D eigenvalue weighted by atomic mass is 9.81. The minimum Gasteiger partial charge on any atom is -0.497 e. The summed E-state index contributed by atoms with van der Waals surface area (Å²) in [6.07, 6.45) is 13.7. The zero-order valence-corrected chi connectivity index (χ0v) is 19.3. The van der Waals surface area contributed by atoms with Gasteiger partial charge >= 0.3 is 0 Å². The molecule has 2 saturated heterocycles. The number of fused-ring (bicyclic) bond motifs is 1. The Labute approximate surface area is 187 Å². The smallest absolute Gasteiger partial charge is 0.119 e. The molecule has 168 valence electrons. The van der Waals surface area contributed by atoms with Gasteiger partial charge in [-0.25, -0.2) is 0 Å². The molecule has 2 aliphatic rings. The third kappa shape index (κ3) is 5.48. The van der Waals surface area contributed by atoms with Crippen molar-refractivity contribution in [3.05, 3.63) is 48.7 Å². The maximum atomic E-state index is 6.19. The molecule has 0 amide bonds. The number of ether oxygens (including phenoxy) is 2. The van der Waals surface area contributed by atoms with E-state index in [4.69, 9.17) is 9.47 Å². The Morgan fingerprint density at radius 2 is 2.10 bits per heavy atom.